The van der Waals surface area contributed by atoms with Crippen LogP contribution in [-0.4, -0.2) is 39.4 Å². The third-order valence-electron chi connectivity index (χ3n) is 4.72. The van der Waals surface area contributed by atoms with Gasteiger partial charge in [-0.15, -0.1) is 10.2 Å². The zero-order valence-electron chi connectivity index (χ0n) is 17.9. The van der Waals surface area contributed by atoms with E-state index < -0.39 is 5.25 Å². The van der Waals surface area contributed by atoms with Crippen molar-refractivity contribution in [2.75, 3.05) is 12.0 Å². The van der Waals surface area contributed by atoms with Crippen LogP contribution >= 0.6 is 11.8 Å². The number of carbonyl (C=O) groups excluding carboxylic acids is 2. The van der Waals surface area contributed by atoms with Crippen molar-refractivity contribution in [3.63, 3.8) is 0 Å². The van der Waals surface area contributed by atoms with Crippen LogP contribution in [0.3, 0.4) is 0 Å². The summed E-state index contributed by atoms with van der Waals surface area (Å²) in [6, 6.07) is 10.2. The molecule has 1 saturated heterocycles. The van der Waals surface area contributed by atoms with Gasteiger partial charge in [0.1, 0.15) is 22.5 Å². The van der Waals surface area contributed by atoms with Crippen LogP contribution in [0.25, 0.3) is 17.2 Å². The fourth-order valence-electron chi connectivity index (χ4n) is 3.17. The summed E-state index contributed by atoms with van der Waals surface area (Å²) < 4.78 is 16.0. The molecule has 1 fully saturated rings. The van der Waals surface area contributed by atoms with Gasteiger partial charge in [-0.25, -0.2) is 9.88 Å². The van der Waals surface area contributed by atoms with E-state index in [1.54, 1.807) is 56.5 Å². The normalized spacial score (nSPS) is 15.9. The zero-order valence-corrected chi connectivity index (χ0v) is 18.7. The molecule has 9 nitrogen and oxygen atoms in total. The maximum absolute atomic E-state index is 13.0. The second-order valence-corrected chi connectivity index (χ2v) is 8.03. The van der Waals surface area contributed by atoms with Crippen LogP contribution in [0.1, 0.15) is 19.0 Å². The van der Waals surface area contributed by atoms with Crippen molar-refractivity contribution in [2.24, 2.45) is 0 Å². The van der Waals surface area contributed by atoms with Crippen molar-refractivity contribution in [1.29, 1.82) is 0 Å². The SMILES string of the molecule is C=C(O/C=C\C)c1nc(SC2CC(=O)N(c3ccc(OC)cc3)C2=O)nnc1-c1ccco1. The molecule has 1 unspecified atom stereocenters. The van der Waals surface area contributed by atoms with E-state index in [0.29, 0.717) is 28.6 Å². The maximum Gasteiger partial charge on any atom is 0.247 e. The highest BCUT2D eigenvalue weighted by Crippen LogP contribution is 2.34. The Balaban J connectivity index is 1.58. The minimum Gasteiger partial charge on any atom is -0.497 e. The Bertz CT molecular complexity index is 1210. The topological polar surface area (TPSA) is 108 Å². The predicted octanol–water partition coefficient (Wildman–Crippen LogP) is 4.09. The molecule has 2 aromatic heterocycles. The number of imide groups is 1. The van der Waals surface area contributed by atoms with Crippen LogP contribution in [0.4, 0.5) is 5.69 Å². The third-order valence-corrected chi connectivity index (χ3v) is 5.75. The average Bonchev–Trinajstić information content (AvgIpc) is 3.46. The lowest BCUT2D eigenvalue weighted by Gasteiger charge is -2.15. The highest BCUT2D eigenvalue weighted by molar-refractivity contribution is 8.00. The highest BCUT2D eigenvalue weighted by Gasteiger charge is 2.41. The molecule has 3 heterocycles. The van der Waals surface area contributed by atoms with E-state index in [1.807, 2.05) is 0 Å². The van der Waals surface area contributed by atoms with Gasteiger partial charge in [0.25, 0.3) is 0 Å². The standard InChI is InChI=1S/C23H20N4O5S/c1-4-11-31-14(2)20-21(17-6-5-12-32-17)25-26-23(24-20)33-18-13-19(28)27(22(18)29)15-7-9-16(30-3)10-8-15/h4-12,18H,2,13H2,1,3H3/b11-4-. The molecule has 1 atom stereocenters. The molecule has 33 heavy (non-hydrogen) atoms. The van der Waals surface area contributed by atoms with Gasteiger partial charge in [-0.05, 0) is 43.3 Å². The number of aromatic nitrogens is 3. The van der Waals surface area contributed by atoms with E-state index in [1.165, 1.54) is 12.5 Å². The molecule has 168 valence electrons. The second-order valence-electron chi connectivity index (χ2n) is 6.86. The summed E-state index contributed by atoms with van der Waals surface area (Å²) in [5.74, 6) is 0.672. The smallest absolute Gasteiger partial charge is 0.247 e. The number of hydrogen-bond donors (Lipinski definition) is 0. The lowest BCUT2D eigenvalue weighted by Crippen LogP contribution is -2.31. The summed E-state index contributed by atoms with van der Waals surface area (Å²) >= 11 is 1.06. The summed E-state index contributed by atoms with van der Waals surface area (Å²) in [4.78, 5) is 31.3. The van der Waals surface area contributed by atoms with Gasteiger partial charge in [-0.3, -0.25) is 9.59 Å². The lowest BCUT2D eigenvalue weighted by molar-refractivity contribution is -0.121. The van der Waals surface area contributed by atoms with Crippen molar-refractivity contribution in [3.05, 3.63) is 67.3 Å². The first-order valence-corrected chi connectivity index (χ1v) is 10.8. The quantitative estimate of drug-likeness (QED) is 0.360. The van der Waals surface area contributed by atoms with E-state index in [9.17, 15) is 9.59 Å². The lowest BCUT2D eigenvalue weighted by atomic mass is 10.2. The molecular formula is C23H20N4O5S. The van der Waals surface area contributed by atoms with E-state index in [0.717, 1.165) is 16.7 Å². The fourth-order valence-corrected chi connectivity index (χ4v) is 4.09. The molecule has 1 aliphatic heterocycles. The number of hydrogen-bond acceptors (Lipinski definition) is 9. The van der Waals surface area contributed by atoms with Gasteiger partial charge in [0.05, 0.1) is 25.3 Å². The Morgan fingerprint density at radius 2 is 2.03 bits per heavy atom. The minimum absolute atomic E-state index is 0.0180. The number of methoxy groups -OCH3 is 1. The number of anilines is 1. The molecular weight excluding hydrogens is 444 g/mol. The summed E-state index contributed by atoms with van der Waals surface area (Å²) in [6.45, 7) is 5.71. The van der Waals surface area contributed by atoms with E-state index in [4.69, 9.17) is 13.9 Å². The Kier molecular flexibility index (Phi) is 6.55. The Labute approximate surface area is 194 Å². The van der Waals surface area contributed by atoms with Crippen LogP contribution in [0.15, 0.2) is 71.2 Å². The van der Waals surface area contributed by atoms with E-state index >= 15 is 0 Å². The number of nitrogens with zero attached hydrogens (tertiary/aromatic N) is 4. The molecule has 10 heteroatoms. The van der Waals surface area contributed by atoms with Gasteiger partial charge in [0.2, 0.25) is 17.0 Å². The van der Waals surface area contributed by atoms with Crippen LogP contribution in [0, 0.1) is 0 Å². The molecule has 2 amide bonds. The maximum atomic E-state index is 13.0. The molecule has 3 aromatic rings. The van der Waals surface area contributed by atoms with Crippen molar-refractivity contribution in [2.45, 2.75) is 23.8 Å². The van der Waals surface area contributed by atoms with Crippen LogP contribution in [0.5, 0.6) is 5.75 Å². The van der Waals surface area contributed by atoms with Crippen LogP contribution in [-0.2, 0) is 14.3 Å². The van der Waals surface area contributed by atoms with Gasteiger partial charge in [-0.2, -0.15) is 0 Å². The third kappa shape index (κ3) is 4.65. The molecule has 0 saturated carbocycles. The number of carbonyl (C=O) groups is 2. The second kappa shape index (κ2) is 9.70. The first kappa shape index (κ1) is 22.3. The number of furan rings is 1. The van der Waals surface area contributed by atoms with Gasteiger partial charge in [0.15, 0.2) is 11.5 Å². The highest BCUT2D eigenvalue weighted by atomic mass is 32.2. The number of benzene rings is 1. The summed E-state index contributed by atoms with van der Waals surface area (Å²) in [5.41, 5.74) is 1.16. The first-order chi connectivity index (χ1) is 16.0. The Morgan fingerprint density at radius 1 is 1.24 bits per heavy atom. The van der Waals surface area contributed by atoms with Crippen LogP contribution in [0.2, 0.25) is 0 Å². The monoisotopic (exact) mass is 464 g/mol. The number of ether oxygens (including phenoxy) is 2. The Morgan fingerprint density at radius 3 is 2.70 bits per heavy atom. The molecule has 0 radical (unpaired) electrons. The first-order valence-electron chi connectivity index (χ1n) is 9.95. The summed E-state index contributed by atoms with van der Waals surface area (Å²) in [5, 5.41) is 7.88. The molecule has 1 aliphatic rings. The van der Waals surface area contributed by atoms with Gasteiger partial charge in [-0.1, -0.05) is 24.4 Å². The minimum atomic E-state index is -0.687. The zero-order chi connectivity index (χ0) is 23.4. The summed E-state index contributed by atoms with van der Waals surface area (Å²) in [7, 11) is 1.55. The van der Waals surface area contributed by atoms with Crippen molar-refractivity contribution < 1.29 is 23.5 Å². The summed E-state index contributed by atoms with van der Waals surface area (Å²) in [6.07, 6.45) is 4.70. The van der Waals surface area contributed by atoms with E-state index in [-0.39, 0.29) is 29.2 Å². The molecule has 0 bridgehead atoms. The predicted molar refractivity (Wildman–Crippen MR) is 122 cm³/mol. The molecule has 1 aromatic carbocycles. The number of allylic oxidation sites excluding steroid dienone is 1. The number of thioether (sulfide) groups is 1. The van der Waals surface area contributed by atoms with Crippen molar-refractivity contribution in [1.82, 2.24) is 15.2 Å². The molecule has 4 rings (SSSR count). The number of rotatable bonds is 8. The fraction of sp³-hybridized carbons (Fsp3) is 0.174. The molecule has 0 N–H and O–H groups in total. The largest absolute Gasteiger partial charge is 0.497 e. The van der Waals surface area contributed by atoms with Crippen LogP contribution < -0.4 is 9.64 Å². The number of amides is 2. The van der Waals surface area contributed by atoms with Crippen molar-refractivity contribution in [3.8, 4) is 17.2 Å². The van der Waals surface area contributed by atoms with E-state index in [2.05, 4.69) is 21.8 Å². The molecule has 0 spiro atoms. The molecule has 0 aliphatic carbocycles. The van der Waals surface area contributed by atoms with Gasteiger partial charge < -0.3 is 13.9 Å². The Hall–Kier alpha value is -3.92. The van der Waals surface area contributed by atoms with Gasteiger partial charge >= 0.3 is 0 Å². The van der Waals surface area contributed by atoms with Gasteiger partial charge in [0, 0.05) is 6.42 Å². The average molecular weight is 465 g/mol. The van der Waals surface area contributed by atoms with Crippen molar-refractivity contribution >= 4 is 35.0 Å².